The molecule has 1 aliphatic heterocycles. The van der Waals surface area contributed by atoms with Gasteiger partial charge in [-0.15, -0.1) is 10.2 Å². The molecule has 1 aliphatic rings. The summed E-state index contributed by atoms with van der Waals surface area (Å²) in [6, 6.07) is 0. The first-order valence-electron chi connectivity index (χ1n) is 5.00. The highest BCUT2D eigenvalue weighted by atomic mass is 32.2. The molecule has 2 heterocycles. The van der Waals surface area contributed by atoms with Crippen molar-refractivity contribution in [2.24, 2.45) is 12.5 Å². The zero-order valence-corrected chi connectivity index (χ0v) is 10.0. The standard InChI is InChI=1S/C8H12N4O4S/c1-12-10-6(9-11-12)4-8(7(13)14)2-3-17(15,16)5-8/h2-5H2,1H3,(H,13,14). The third-order valence-corrected chi connectivity index (χ3v) is 4.71. The first-order chi connectivity index (χ1) is 7.83. The molecule has 1 saturated heterocycles. The second kappa shape index (κ2) is 3.76. The van der Waals surface area contributed by atoms with E-state index in [2.05, 4.69) is 15.4 Å². The maximum Gasteiger partial charge on any atom is 0.311 e. The van der Waals surface area contributed by atoms with Gasteiger partial charge in [0.1, 0.15) is 0 Å². The van der Waals surface area contributed by atoms with E-state index in [4.69, 9.17) is 0 Å². The molecule has 0 amide bonds. The summed E-state index contributed by atoms with van der Waals surface area (Å²) < 4.78 is 22.8. The molecule has 1 aromatic rings. The summed E-state index contributed by atoms with van der Waals surface area (Å²) in [5, 5.41) is 20.4. The second-order valence-corrected chi connectivity index (χ2v) is 6.48. The third-order valence-electron chi connectivity index (χ3n) is 2.89. The van der Waals surface area contributed by atoms with Gasteiger partial charge in [-0.2, -0.15) is 4.80 Å². The fourth-order valence-corrected chi connectivity index (χ4v) is 4.05. The number of carbonyl (C=O) groups is 1. The highest BCUT2D eigenvalue weighted by Crippen LogP contribution is 2.35. The van der Waals surface area contributed by atoms with Crippen molar-refractivity contribution in [3.8, 4) is 0 Å². The summed E-state index contributed by atoms with van der Waals surface area (Å²) in [5.74, 6) is -1.31. The zero-order chi connectivity index (χ0) is 12.7. The minimum Gasteiger partial charge on any atom is -0.481 e. The van der Waals surface area contributed by atoms with Crippen LogP contribution in [0.4, 0.5) is 0 Å². The first kappa shape index (κ1) is 12.0. The van der Waals surface area contributed by atoms with Gasteiger partial charge >= 0.3 is 5.97 Å². The van der Waals surface area contributed by atoms with Crippen molar-refractivity contribution in [3.63, 3.8) is 0 Å². The molecule has 94 valence electrons. The topological polar surface area (TPSA) is 115 Å². The summed E-state index contributed by atoms with van der Waals surface area (Å²) in [6.07, 6.45) is 0.0956. The Morgan fingerprint density at radius 1 is 1.59 bits per heavy atom. The summed E-state index contributed by atoms with van der Waals surface area (Å²) in [4.78, 5) is 12.5. The molecule has 1 aromatic heterocycles. The van der Waals surface area contributed by atoms with Gasteiger partial charge in [-0.1, -0.05) is 0 Å². The lowest BCUT2D eigenvalue weighted by atomic mass is 9.84. The quantitative estimate of drug-likeness (QED) is 0.713. The lowest BCUT2D eigenvalue weighted by molar-refractivity contribution is -0.147. The van der Waals surface area contributed by atoms with Crippen molar-refractivity contribution in [3.05, 3.63) is 5.82 Å². The number of carboxylic acids is 1. The lowest BCUT2D eigenvalue weighted by Crippen LogP contribution is -2.35. The van der Waals surface area contributed by atoms with Crippen molar-refractivity contribution >= 4 is 15.8 Å². The maximum absolute atomic E-state index is 11.4. The molecular formula is C8H12N4O4S. The van der Waals surface area contributed by atoms with Crippen molar-refractivity contribution in [2.45, 2.75) is 12.8 Å². The third kappa shape index (κ3) is 2.28. The van der Waals surface area contributed by atoms with Gasteiger partial charge in [0.2, 0.25) is 0 Å². The Morgan fingerprint density at radius 2 is 2.29 bits per heavy atom. The van der Waals surface area contributed by atoms with Gasteiger partial charge in [-0.3, -0.25) is 4.79 Å². The van der Waals surface area contributed by atoms with E-state index < -0.39 is 21.2 Å². The van der Waals surface area contributed by atoms with Crippen molar-refractivity contribution in [1.29, 1.82) is 0 Å². The monoisotopic (exact) mass is 260 g/mol. The Morgan fingerprint density at radius 3 is 2.71 bits per heavy atom. The minimum absolute atomic E-state index is 0.00456. The minimum atomic E-state index is -3.28. The highest BCUT2D eigenvalue weighted by molar-refractivity contribution is 7.91. The van der Waals surface area contributed by atoms with E-state index in [1.165, 1.54) is 4.80 Å². The van der Waals surface area contributed by atoms with Gasteiger partial charge in [-0.05, 0) is 11.6 Å². The number of carboxylic acid groups (broad SMARTS) is 1. The molecule has 2 rings (SSSR count). The Balaban J connectivity index is 2.28. The van der Waals surface area contributed by atoms with Crippen LogP contribution in [0.25, 0.3) is 0 Å². The van der Waals surface area contributed by atoms with Crippen LogP contribution >= 0.6 is 0 Å². The van der Waals surface area contributed by atoms with E-state index in [1.54, 1.807) is 7.05 Å². The van der Waals surface area contributed by atoms with Crippen LogP contribution in [0.1, 0.15) is 12.2 Å². The van der Waals surface area contributed by atoms with Gasteiger partial charge in [0, 0.05) is 6.42 Å². The first-order valence-corrected chi connectivity index (χ1v) is 6.82. The number of sulfone groups is 1. The number of aromatic nitrogens is 4. The molecule has 1 unspecified atom stereocenters. The molecule has 1 N–H and O–H groups in total. The van der Waals surface area contributed by atoms with Gasteiger partial charge in [0.05, 0.1) is 24.0 Å². The van der Waals surface area contributed by atoms with Gasteiger partial charge < -0.3 is 5.11 Å². The fourth-order valence-electron chi connectivity index (χ4n) is 2.00. The van der Waals surface area contributed by atoms with E-state index in [9.17, 15) is 18.3 Å². The van der Waals surface area contributed by atoms with E-state index in [0.29, 0.717) is 0 Å². The number of aliphatic carboxylic acids is 1. The molecule has 0 saturated carbocycles. The van der Waals surface area contributed by atoms with Crippen molar-refractivity contribution in [1.82, 2.24) is 20.2 Å². The van der Waals surface area contributed by atoms with Crippen LogP contribution in [0.5, 0.6) is 0 Å². The van der Waals surface area contributed by atoms with Crippen LogP contribution in [0.2, 0.25) is 0 Å². The van der Waals surface area contributed by atoms with E-state index in [0.717, 1.165) is 0 Å². The molecule has 9 heteroatoms. The Bertz CT molecular complexity index is 552. The number of tetrazole rings is 1. The fraction of sp³-hybridized carbons (Fsp3) is 0.750. The summed E-state index contributed by atoms with van der Waals surface area (Å²) in [7, 11) is -1.71. The van der Waals surface area contributed by atoms with Crippen LogP contribution in [-0.2, 0) is 28.1 Å². The SMILES string of the molecule is Cn1nnc(CC2(C(=O)O)CCS(=O)(=O)C2)n1. The maximum atomic E-state index is 11.4. The summed E-state index contributed by atoms with van der Waals surface area (Å²) in [6.45, 7) is 0. The van der Waals surface area contributed by atoms with Crippen molar-refractivity contribution in [2.75, 3.05) is 11.5 Å². The number of hydrogen-bond acceptors (Lipinski definition) is 6. The van der Waals surface area contributed by atoms with Crippen LogP contribution in [-0.4, -0.2) is 51.2 Å². The largest absolute Gasteiger partial charge is 0.481 e. The lowest BCUT2D eigenvalue weighted by Gasteiger charge is -2.19. The summed E-state index contributed by atoms with van der Waals surface area (Å²) >= 11 is 0. The predicted molar refractivity (Wildman–Crippen MR) is 55.8 cm³/mol. The molecule has 1 fully saturated rings. The average molecular weight is 260 g/mol. The molecule has 17 heavy (non-hydrogen) atoms. The smallest absolute Gasteiger partial charge is 0.311 e. The zero-order valence-electron chi connectivity index (χ0n) is 9.20. The summed E-state index contributed by atoms with van der Waals surface area (Å²) in [5.41, 5.74) is -1.30. The van der Waals surface area contributed by atoms with Crippen LogP contribution in [0.3, 0.4) is 0 Å². The molecule has 0 aliphatic carbocycles. The Hall–Kier alpha value is -1.51. The second-order valence-electron chi connectivity index (χ2n) is 4.30. The van der Waals surface area contributed by atoms with E-state index in [1.807, 2.05) is 0 Å². The number of hydrogen-bond donors (Lipinski definition) is 1. The molecule has 8 nitrogen and oxygen atoms in total. The Labute approximate surface area is 97.5 Å². The molecule has 0 radical (unpaired) electrons. The number of aryl methyl sites for hydroxylation is 1. The van der Waals surface area contributed by atoms with Crippen LogP contribution in [0, 0.1) is 5.41 Å². The normalized spacial score (nSPS) is 27.1. The Kier molecular flexibility index (Phi) is 2.64. The van der Waals surface area contributed by atoms with Gasteiger partial charge in [0.25, 0.3) is 0 Å². The van der Waals surface area contributed by atoms with Crippen LogP contribution < -0.4 is 0 Å². The number of rotatable bonds is 3. The van der Waals surface area contributed by atoms with Crippen LogP contribution in [0.15, 0.2) is 0 Å². The molecule has 1 atom stereocenters. The number of nitrogens with zero attached hydrogens (tertiary/aromatic N) is 4. The van der Waals surface area contributed by atoms with Gasteiger partial charge in [-0.25, -0.2) is 8.42 Å². The van der Waals surface area contributed by atoms with E-state index >= 15 is 0 Å². The molecular weight excluding hydrogens is 248 g/mol. The van der Waals surface area contributed by atoms with E-state index in [-0.39, 0.29) is 30.2 Å². The molecule has 0 spiro atoms. The molecule has 0 aromatic carbocycles. The average Bonchev–Trinajstić information content (AvgIpc) is 2.72. The molecule has 0 bridgehead atoms. The highest BCUT2D eigenvalue weighted by Gasteiger charge is 2.49. The van der Waals surface area contributed by atoms with Gasteiger partial charge in [0.15, 0.2) is 15.7 Å². The predicted octanol–water partition coefficient (Wildman–Crippen LogP) is -1.36. The van der Waals surface area contributed by atoms with Crippen molar-refractivity contribution < 1.29 is 18.3 Å².